The summed E-state index contributed by atoms with van der Waals surface area (Å²) in [4.78, 5) is 4.38. The van der Waals surface area contributed by atoms with E-state index in [1.165, 1.54) is 5.69 Å². The van der Waals surface area contributed by atoms with Gasteiger partial charge < -0.3 is 5.32 Å². The van der Waals surface area contributed by atoms with Crippen LogP contribution in [0.25, 0.3) is 0 Å². The third kappa shape index (κ3) is 2.76. The van der Waals surface area contributed by atoms with Crippen LogP contribution in [0.4, 0.5) is 0 Å². The predicted octanol–water partition coefficient (Wildman–Crippen LogP) is 1.88. The van der Waals surface area contributed by atoms with E-state index in [9.17, 15) is 0 Å². The molecule has 4 heteroatoms. The highest BCUT2D eigenvalue weighted by Crippen LogP contribution is 2.18. The standard InChI is InChI=1S/C14H20N4/c1-4-11-10-14(18(3)17-11)13(15-2)9-12-7-5-6-8-16-12/h5-8,10,13,15H,4,9H2,1-3H3. The van der Waals surface area contributed by atoms with Crippen molar-refractivity contribution >= 4 is 0 Å². The fourth-order valence-corrected chi connectivity index (χ4v) is 2.12. The minimum Gasteiger partial charge on any atom is -0.311 e. The Balaban J connectivity index is 2.20. The number of nitrogens with zero attached hydrogens (tertiary/aromatic N) is 3. The molecule has 0 amide bonds. The molecule has 96 valence electrons. The number of likely N-dealkylation sites (N-methyl/N-ethyl adjacent to an activating group) is 1. The van der Waals surface area contributed by atoms with Crippen molar-refractivity contribution in [2.75, 3.05) is 7.05 Å². The Hall–Kier alpha value is -1.68. The zero-order chi connectivity index (χ0) is 13.0. The van der Waals surface area contributed by atoms with Gasteiger partial charge in [-0.3, -0.25) is 9.67 Å². The van der Waals surface area contributed by atoms with Crippen LogP contribution in [0.5, 0.6) is 0 Å². The number of nitrogens with one attached hydrogen (secondary N) is 1. The highest BCUT2D eigenvalue weighted by molar-refractivity contribution is 5.17. The van der Waals surface area contributed by atoms with Crippen molar-refractivity contribution in [2.45, 2.75) is 25.8 Å². The molecule has 0 aliphatic heterocycles. The molecule has 2 heterocycles. The molecule has 0 aromatic carbocycles. The second kappa shape index (κ2) is 5.78. The first-order valence-corrected chi connectivity index (χ1v) is 6.34. The van der Waals surface area contributed by atoms with E-state index in [0.29, 0.717) is 0 Å². The molecule has 2 aromatic heterocycles. The first-order chi connectivity index (χ1) is 8.74. The minimum atomic E-state index is 0.248. The zero-order valence-electron chi connectivity index (χ0n) is 11.2. The van der Waals surface area contributed by atoms with Gasteiger partial charge in [-0.2, -0.15) is 5.10 Å². The van der Waals surface area contributed by atoms with Gasteiger partial charge in [-0.1, -0.05) is 13.0 Å². The summed E-state index contributed by atoms with van der Waals surface area (Å²) in [5.74, 6) is 0. The fraction of sp³-hybridized carbons (Fsp3) is 0.429. The quantitative estimate of drug-likeness (QED) is 0.873. The molecule has 0 bridgehead atoms. The van der Waals surface area contributed by atoms with Crippen molar-refractivity contribution < 1.29 is 0 Å². The lowest BCUT2D eigenvalue weighted by molar-refractivity contribution is 0.532. The van der Waals surface area contributed by atoms with Crippen LogP contribution < -0.4 is 5.32 Å². The third-order valence-corrected chi connectivity index (χ3v) is 3.17. The molecule has 2 rings (SSSR count). The fourth-order valence-electron chi connectivity index (χ4n) is 2.12. The lowest BCUT2D eigenvalue weighted by Crippen LogP contribution is -2.22. The van der Waals surface area contributed by atoms with Gasteiger partial charge >= 0.3 is 0 Å². The number of hydrogen-bond acceptors (Lipinski definition) is 3. The molecule has 4 nitrogen and oxygen atoms in total. The summed E-state index contributed by atoms with van der Waals surface area (Å²) in [6.45, 7) is 2.12. The maximum atomic E-state index is 4.50. The summed E-state index contributed by atoms with van der Waals surface area (Å²) in [5, 5.41) is 7.84. The van der Waals surface area contributed by atoms with Crippen LogP contribution in [0, 0.1) is 0 Å². The molecular formula is C14H20N4. The van der Waals surface area contributed by atoms with E-state index in [-0.39, 0.29) is 6.04 Å². The van der Waals surface area contributed by atoms with Gasteiger partial charge in [0.05, 0.1) is 17.4 Å². The van der Waals surface area contributed by atoms with Gasteiger partial charge in [-0.15, -0.1) is 0 Å². The molecule has 0 saturated carbocycles. The van der Waals surface area contributed by atoms with E-state index in [1.807, 2.05) is 37.1 Å². The molecule has 1 unspecified atom stereocenters. The first kappa shape index (κ1) is 12.8. The number of rotatable bonds is 5. The second-order valence-electron chi connectivity index (χ2n) is 4.40. The molecule has 0 fully saturated rings. The molecule has 18 heavy (non-hydrogen) atoms. The van der Waals surface area contributed by atoms with Gasteiger partial charge in [0.25, 0.3) is 0 Å². The summed E-state index contributed by atoms with van der Waals surface area (Å²) >= 11 is 0. The van der Waals surface area contributed by atoms with Gasteiger partial charge in [-0.25, -0.2) is 0 Å². The van der Waals surface area contributed by atoms with E-state index >= 15 is 0 Å². The Labute approximate surface area is 108 Å². The summed E-state index contributed by atoms with van der Waals surface area (Å²) in [7, 11) is 3.98. The average molecular weight is 244 g/mol. The van der Waals surface area contributed by atoms with Crippen LogP contribution in [-0.2, 0) is 19.9 Å². The third-order valence-electron chi connectivity index (χ3n) is 3.17. The second-order valence-corrected chi connectivity index (χ2v) is 4.40. The summed E-state index contributed by atoms with van der Waals surface area (Å²) in [5.41, 5.74) is 3.44. The number of aryl methyl sites for hydroxylation is 2. The molecule has 0 saturated heterocycles. The Bertz CT molecular complexity index is 490. The summed E-state index contributed by atoms with van der Waals surface area (Å²) in [6, 6.07) is 8.44. The first-order valence-electron chi connectivity index (χ1n) is 6.34. The van der Waals surface area contributed by atoms with Crippen molar-refractivity contribution in [3.8, 4) is 0 Å². The Kier molecular flexibility index (Phi) is 4.10. The minimum absolute atomic E-state index is 0.248. The molecule has 0 aliphatic carbocycles. The van der Waals surface area contributed by atoms with Crippen LogP contribution in [0.3, 0.4) is 0 Å². The van der Waals surface area contributed by atoms with E-state index in [0.717, 1.165) is 24.2 Å². The van der Waals surface area contributed by atoms with E-state index in [2.05, 4.69) is 34.5 Å². The van der Waals surface area contributed by atoms with Gasteiger partial charge in [0, 0.05) is 25.4 Å². The monoisotopic (exact) mass is 244 g/mol. The number of pyridine rings is 1. The molecule has 0 aliphatic rings. The largest absolute Gasteiger partial charge is 0.311 e. The topological polar surface area (TPSA) is 42.7 Å². The van der Waals surface area contributed by atoms with E-state index < -0.39 is 0 Å². The van der Waals surface area contributed by atoms with Crippen molar-refractivity contribution in [2.24, 2.45) is 7.05 Å². The van der Waals surface area contributed by atoms with Crippen molar-refractivity contribution in [1.29, 1.82) is 0 Å². The van der Waals surface area contributed by atoms with E-state index in [4.69, 9.17) is 0 Å². The number of aromatic nitrogens is 3. The van der Waals surface area contributed by atoms with Crippen molar-refractivity contribution in [3.63, 3.8) is 0 Å². The van der Waals surface area contributed by atoms with Crippen LogP contribution in [-0.4, -0.2) is 21.8 Å². The zero-order valence-corrected chi connectivity index (χ0v) is 11.2. The highest BCUT2D eigenvalue weighted by atomic mass is 15.3. The smallest absolute Gasteiger partial charge is 0.0625 e. The molecule has 0 radical (unpaired) electrons. The van der Waals surface area contributed by atoms with Crippen molar-refractivity contribution in [1.82, 2.24) is 20.1 Å². The molecule has 0 spiro atoms. The molecule has 2 aromatic rings. The molecule has 1 N–H and O–H groups in total. The van der Waals surface area contributed by atoms with Crippen molar-refractivity contribution in [3.05, 3.63) is 47.5 Å². The average Bonchev–Trinajstić information content (AvgIpc) is 2.78. The predicted molar refractivity (Wildman–Crippen MR) is 72.3 cm³/mol. The summed E-state index contributed by atoms with van der Waals surface area (Å²) < 4.78 is 1.96. The van der Waals surface area contributed by atoms with Gasteiger partial charge in [0.2, 0.25) is 0 Å². The lowest BCUT2D eigenvalue weighted by atomic mass is 10.1. The van der Waals surface area contributed by atoms with Crippen LogP contribution in [0.15, 0.2) is 30.5 Å². The molecule has 1 atom stereocenters. The summed E-state index contributed by atoms with van der Waals surface area (Å²) in [6.07, 6.45) is 3.68. The van der Waals surface area contributed by atoms with Crippen LogP contribution in [0.1, 0.15) is 30.0 Å². The van der Waals surface area contributed by atoms with Gasteiger partial charge in [-0.05, 0) is 31.7 Å². The Morgan fingerprint density at radius 3 is 2.72 bits per heavy atom. The Morgan fingerprint density at radius 2 is 2.17 bits per heavy atom. The number of hydrogen-bond donors (Lipinski definition) is 1. The van der Waals surface area contributed by atoms with E-state index in [1.54, 1.807) is 0 Å². The highest BCUT2D eigenvalue weighted by Gasteiger charge is 2.15. The van der Waals surface area contributed by atoms with Gasteiger partial charge in [0.1, 0.15) is 0 Å². The Morgan fingerprint density at radius 1 is 1.33 bits per heavy atom. The maximum absolute atomic E-state index is 4.50. The lowest BCUT2D eigenvalue weighted by Gasteiger charge is -2.15. The van der Waals surface area contributed by atoms with Gasteiger partial charge in [0.15, 0.2) is 0 Å². The van der Waals surface area contributed by atoms with Crippen LogP contribution in [0.2, 0.25) is 0 Å². The normalized spacial score (nSPS) is 12.6. The van der Waals surface area contributed by atoms with Crippen LogP contribution >= 0.6 is 0 Å². The molecular weight excluding hydrogens is 224 g/mol. The maximum Gasteiger partial charge on any atom is 0.0625 e. The SMILES string of the molecule is CCc1cc(C(Cc2ccccn2)NC)n(C)n1.